The van der Waals surface area contributed by atoms with E-state index >= 15 is 0 Å². The Kier molecular flexibility index (Phi) is 4.82. The third kappa shape index (κ3) is 3.06. The molecule has 0 aromatic heterocycles. The Morgan fingerprint density at radius 1 is 1.40 bits per heavy atom. The third-order valence-corrected chi connectivity index (χ3v) is 11.8. The number of fused-ring (bicyclic) bond motifs is 1. The van der Waals surface area contributed by atoms with Crippen molar-refractivity contribution < 1.29 is 14.0 Å². The van der Waals surface area contributed by atoms with Crippen LogP contribution in [-0.2, 0) is 14.0 Å². The molecule has 140 valence electrons. The van der Waals surface area contributed by atoms with Crippen LogP contribution in [0, 0.1) is 23.2 Å². The van der Waals surface area contributed by atoms with E-state index in [1.165, 1.54) is 6.42 Å². The minimum atomic E-state index is -1.93. The molecule has 1 saturated heterocycles. The van der Waals surface area contributed by atoms with Crippen molar-refractivity contribution in [2.75, 3.05) is 6.61 Å². The fourth-order valence-corrected chi connectivity index (χ4v) is 6.15. The summed E-state index contributed by atoms with van der Waals surface area (Å²) in [5.41, 5.74) is -0.367. The van der Waals surface area contributed by atoms with E-state index in [1.807, 2.05) is 6.08 Å². The van der Waals surface area contributed by atoms with Crippen LogP contribution in [0.5, 0.6) is 0 Å². The van der Waals surface area contributed by atoms with Crippen molar-refractivity contribution in [3.8, 4) is 0 Å². The molecule has 3 aliphatic carbocycles. The summed E-state index contributed by atoms with van der Waals surface area (Å²) < 4.78 is 12.5. The number of esters is 1. The summed E-state index contributed by atoms with van der Waals surface area (Å²) in [4.78, 5) is 12.9. The number of allylic oxidation sites excluding steroid dienone is 2. The van der Waals surface area contributed by atoms with Gasteiger partial charge in [0.05, 0.1) is 18.1 Å². The molecule has 2 fully saturated rings. The summed E-state index contributed by atoms with van der Waals surface area (Å²) in [6, 6.07) is 0. The zero-order chi connectivity index (χ0) is 18.5. The molecule has 0 radical (unpaired) electrons. The Morgan fingerprint density at radius 3 is 2.60 bits per heavy atom. The zero-order valence-electron chi connectivity index (χ0n) is 16.5. The van der Waals surface area contributed by atoms with E-state index in [0.29, 0.717) is 18.4 Å². The number of carbonyl (C=O) groups is 1. The van der Waals surface area contributed by atoms with E-state index in [1.54, 1.807) is 0 Å². The minimum Gasteiger partial charge on any atom is -0.465 e. The second-order valence-corrected chi connectivity index (χ2v) is 14.5. The van der Waals surface area contributed by atoms with Crippen LogP contribution in [-0.4, -0.2) is 27.0 Å². The van der Waals surface area contributed by atoms with Gasteiger partial charge < -0.3 is 9.16 Å². The molecule has 0 aromatic carbocycles. The topological polar surface area (TPSA) is 35.5 Å². The first-order valence-electron chi connectivity index (χ1n) is 9.76. The van der Waals surface area contributed by atoms with Gasteiger partial charge in [0.25, 0.3) is 0 Å². The molecule has 5 atom stereocenters. The molecule has 2 bridgehead atoms. The first-order chi connectivity index (χ1) is 11.6. The van der Waals surface area contributed by atoms with Crippen molar-refractivity contribution in [1.29, 1.82) is 0 Å². The molecule has 1 spiro atoms. The first-order valence-corrected chi connectivity index (χ1v) is 12.7. The van der Waals surface area contributed by atoms with Gasteiger partial charge in [0.15, 0.2) is 8.32 Å². The van der Waals surface area contributed by atoms with E-state index in [0.717, 1.165) is 19.3 Å². The van der Waals surface area contributed by atoms with Crippen LogP contribution in [0.25, 0.3) is 0 Å². The summed E-state index contributed by atoms with van der Waals surface area (Å²) in [7, 11) is -1.93. The normalized spacial score (nSPS) is 35.9. The lowest BCUT2D eigenvalue weighted by molar-refractivity contribution is -0.152. The first kappa shape index (κ1) is 18.9. The molecule has 3 nitrogen and oxygen atoms in total. The summed E-state index contributed by atoms with van der Waals surface area (Å²) in [6.45, 7) is 15.8. The maximum absolute atomic E-state index is 12.9. The number of carbonyl (C=O) groups excluding carboxylic acids is 1. The van der Waals surface area contributed by atoms with Crippen LogP contribution >= 0.6 is 0 Å². The van der Waals surface area contributed by atoms with E-state index < -0.39 is 8.32 Å². The predicted molar refractivity (Wildman–Crippen MR) is 104 cm³/mol. The highest BCUT2D eigenvalue weighted by Crippen LogP contribution is 2.58. The Bertz CT molecular complexity index is 574. The molecule has 4 heteroatoms. The average Bonchev–Trinajstić information content (AvgIpc) is 2.83. The third-order valence-electron chi connectivity index (χ3n) is 7.26. The quantitative estimate of drug-likeness (QED) is 0.388. The van der Waals surface area contributed by atoms with Gasteiger partial charge in [-0.3, -0.25) is 4.79 Å². The second-order valence-electron chi connectivity index (χ2n) is 9.72. The van der Waals surface area contributed by atoms with Crippen molar-refractivity contribution in [3.63, 3.8) is 0 Å². The fraction of sp³-hybridized carbons (Fsp3) is 0.762. The van der Waals surface area contributed by atoms with Gasteiger partial charge in [-0.2, -0.15) is 0 Å². The average molecular weight is 363 g/mol. The highest BCUT2D eigenvalue weighted by atomic mass is 28.4. The van der Waals surface area contributed by atoms with Gasteiger partial charge in [0.2, 0.25) is 0 Å². The lowest BCUT2D eigenvalue weighted by Gasteiger charge is -2.49. The Labute approximate surface area is 154 Å². The van der Waals surface area contributed by atoms with Crippen molar-refractivity contribution >= 4 is 14.3 Å². The second kappa shape index (κ2) is 6.38. The van der Waals surface area contributed by atoms with E-state index in [9.17, 15) is 4.79 Å². The molecule has 0 N–H and O–H groups in total. The van der Waals surface area contributed by atoms with Crippen molar-refractivity contribution in [2.24, 2.45) is 23.2 Å². The van der Waals surface area contributed by atoms with Gasteiger partial charge in [-0.05, 0) is 55.7 Å². The van der Waals surface area contributed by atoms with Gasteiger partial charge >= 0.3 is 5.97 Å². The lowest BCUT2D eigenvalue weighted by atomic mass is 9.54. The van der Waals surface area contributed by atoms with Gasteiger partial charge in [-0.1, -0.05) is 39.0 Å². The van der Waals surface area contributed by atoms with Crippen LogP contribution in [0.2, 0.25) is 18.1 Å². The SMILES string of the molecule is C=CCC(O[Si](C)(C)C(C)(C)C)[C@H]1COC(=O)[C@@]12C[C@H]1C=C[C@@H]2CC1. The van der Waals surface area contributed by atoms with Gasteiger partial charge in [-0.15, -0.1) is 6.58 Å². The standard InChI is InChI=1S/C21H34O3Si/c1-7-8-18(24-25(5,6)20(2,3)4)17-14-23-19(22)21(17)13-15-9-11-16(21)12-10-15/h7,9,11,15-18H,1,8,10,12-14H2,2-6H3/t15-,16+,17+,18?,21+/m0/s1. The van der Waals surface area contributed by atoms with Gasteiger partial charge in [0.1, 0.15) is 0 Å². The number of rotatable bonds is 5. The van der Waals surface area contributed by atoms with Crippen LogP contribution in [0.15, 0.2) is 24.8 Å². The Morgan fingerprint density at radius 2 is 2.12 bits per heavy atom. The number of cyclic esters (lactones) is 1. The van der Waals surface area contributed by atoms with Crippen LogP contribution < -0.4 is 0 Å². The van der Waals surface area contributed by atoms with Gasteiger partial charge in [0, 0.05) is 5.92 Å². The largest absolute Gasteiger partial charge is 0.465 e. The zero-order valence-corrected chi connectivity index (χ0v) is 17.5. The number of hydrogen-bond donors (Lipinski definition) is 0. The van der Waals surface area contributed by atoms with Crippen LogP contribution in [0.4, 0.5) is 0 Å². The molecular weight excluding hydrogens is 328 g/mol. The van der Waals surface area contributed by atoms with E-state index in [4.69, 9.17) is 9.16 Å². The van der Waals surface area contributed by atoms with Crippen LogP contribution in [0.1, 0.15) is 46.5 Å². The molecule has 4 aliphatic rings. The van der Waals surface area contributed by atoms with Crippen LogP contribution in [0.3, 0.4) is 0 Å². The van der Waals surface area contributed by atoms with E-state index in [2.05, 4.69) is 52.6 Å². The molecule has 0 aromatic rings. The van der Waals surface area contributed by atoms with Crippen molar-refractivity contribution in [2.45, 2.75) is 70.7 Å². The summed E-state index contributed by atoms with van der Waals surface area (Å²) >= 11 is 0. The fourth-order valence-electron chi connectivity index (χ4n) is 4.78. The maximum atomic E-state index is 12.9. The highest BCUT2D eigenvalue weighted by Gasteiger charge is 2.62. The molecular formula is C21H34O3Si. The van der Waals surface area contributed by atoms with E-state index in [-0.39, 0.29) is 28.4 Å². The summed E-state index contributed by atoms with van der Waals surface area (Å²) in [5, 5.41) is 0.147. The number of hydrogen-bond acceptors (Lipinski definition) is 3. The van der Waals surface area contributed by atoms with Gasteiger partial charge in [-0.25, -0.2) is 0 Å². The molecule has 1 heterocycles. The molecule has 25 heavy (non-hydrogen) atoms. The Hall–Kier alpha value is -0.873. The smallest absolute Gasteiger partial charge is 0.313 e. The maximum Gasteiger partial charge on any atom is 0.313 e. The Balaban J connectivity index is 1.92. The molecule has 1 unspecified atom stereocenters. The molecule has 1 aliphatic heterocycles. The lowest BCUT2D eigenvalue weighted by Crippen LogP contribution is -2.53. The number of ether oxygens (including phenoxy) is 1. The summed E-state index contributed by atoms with van der Waals surface area (Å²) in [6.07, 6.45) is 10.6. The van der Waals surface area contributed by atoms with Crippen molar-refractivity contribution in [3.05, 3.63) is 24.8 Å². The minimum absolute atomic E-state index is 0.0180. The predicted octanol–water partition coefficient (Wildman–Crippen LogP) is 5.10. The highest BCUT2D eigenvalue weighted by molar-refractivity contribution is 6.74. The molecule has 1 saturated carbocycles. The monoisotopic (exact) mass is 362 g/mol. The molecule has 4 rings (SSSR count). The summed E-state index contributed by atoms with van der Waals surface area (Å²) in [5.74, 6) is 0.998. The van der Waals surface area contributed by atoms with Crippen molar-refractivity contribution in [1.82, 2.24) is 0 Å². The molecule has 0 amide bonds.